The second-order valence-electron chi connectivity index (χ2n) is 3.57. The summed E-state index contributed by atoms with van der Waals surface area (Å²) in [6, 6.07) is 12.2. The summed E-state index contributed by atoms with van der Waals surface area (Å²) >= 11 is 0. The fourth-order valence-corrected chi connectivity index (χ4v) is 1.99. The molecule has 2 aromatic carbocycles. The molecule has 0 unspecified atom stereocenters. The van der Waals surface area contributed by atoms with Crippen molar-refractivity contribution in [1.29, 1.82) is 0 Å². The van der Waals surface area contributed by atoms with Gasteiger partial charge in [-0.2, -0.15) is 0 Å². The van der Waals surface area contributed by atoms with Crippen molar-refractivity contribution in [3.8, 4) is 0 Å². The first kappa shape index (κ1) is 8.24. The van der Waals surface area contributed by atoms with Crippen LogP contribution >= 0.6 is 0 Å². The lowest BCUT2D eigenvalue weighted by atomic mass is 10.1. The highest BCUT2D eigenvalue weighted by atomic mass is 16.1. The van der Waals surface area contributed by atoms with Crippen LogP contribution in [0, 0.1) is 0 Å². The minimum absolute atomic E-state index is 0.718. The highest BCUT2D eigenvalue weighted by Crippen LogP contribution is 2.25. The highest BCUT2D eigenvalue weighted by molar-refractivity contribution is 6.10. The molecule has 3 rings (SSSR count). The van der Waals surface area contributed by atoms with Crippen molar-refractivity contribution in [1.82, 2.24) is 4.98 Å². The van der Waals surface area contributed by atoms with Crippen LogP contribution in [0.2, 0.25) is 0 Å². The van der Waals surface area contributed by atoms with E-state index in [0.29, 0.717) is 0 Å². The van der Waals surface area contributed by atoms with Gasteiger partial charge < -0.3 is 4.98 Å². The Morgan fingerprint density at radius 1 is 1.00 bits per heavy atom. The summed E-state index contributed by atoms with van der Waals surface area (Å²) in [5.74, 6) is 0. The van der Waals surface area contributed by atoms with Crippen molar-refractivity contribution >= 4 is 28.0 Å². The van der Waals surface area contributed by atoms with Crippen LogP contribution in [0.15, 0.2) is 42.6 Å². The monoisotopic (exact) mass is 195 g/mol. The molecule has 1 aromatic heterocycles. The van der Waals surface area contributed by atoms with Crippen LogP contribution < -0.4 is 0 Å². The molecule has 0 aliphatic heterocycles. The standard InChI is InChI=1S/C13H9NO/c15-8-10-7-14-13-11-4-2-1-3-9(11)5-6-12(10)13/h1-8,14H. The molecular formula is C13H9NO. The molecule has 72 valence electrons. The van der Waals surface area contributed by atoms with E-state index in [1.165, 1.54) is 5.39 Å². The fraction of sp³-hybridized carbons (Fsp3) is 0. The summed E-state index contributed by atoms with van der Waals surface area (Å²) in [6.45, 7) is 0. The average Bonchev–Trinajstić information content (AvgIpc) is 2.72. The van der Waals surface area contributed by atoms with Crippen LogP contribution in [0.4, 0.5) is 0 Å². The Bertz CT molecular complexity index is 652. The van der Waals surface area contributed by atoms with E-state index in [1.807, 2.05) is 24.3 Å². The predicted molar refractivity (Wildman–Crippen MR) is 61.2 cm³/mol. The molecule has 0 fully saturated rings. The molecule has 0 amide bonds. The number of H-pyrrole nitrogens is 1. The van der Waals surface area contributed by atoms with Crippen LogP contribution in [0.3, 0.4) is 0 Å². The first-order valence-corrected chi connectivity index (χ1v) is 4.84. The molecule has 0 radical (unpaired) electrons. The number of aromatic nitrogens is 1. The van der Waals surface area contributed by atoms with Gasteiger partial charge in [-0.15, -0.1) is 0 Å². The summed E-state index contributed by atoms with van der Waals surface area (Å²) in [4.78, 5) is 13.9. The van der Waals surface area contributed by atoms with E-state index in [1.54, 1.807) is 6.20 Å². The van der Waals surface area contributed by atoms with Gasteiger partial charge in [0.05, 0.1) is 5.52 Å². The van der Waals surface area contributed by atoms with Crippen molar-refractivity contribution in [3.63, 3.8) is 0 Å². The summed E-state index contributed by atoms with van der Waals surface area (Å²) in [5.41, 5.74) is 1.76. The second-order valence-corrected chi connectivity index (χ2v) is 3.57. The molecule has 0 aliphatic rings. The lowest BCUT2D eigenvalue weighted by Crippen LogP contribution is -1.76. The topological polar surface area (TPSA) is 32.9 Å². The highest BCUT2D eigenvalue weighted by Gasteiger charge is 2.05. The van der Waals surface area contributed by atoms with Gasteiger partial charge in [-0.1, -0.05) is 36.4 Å². The first-order valence-electron chi connectivity index (χ1n) is 4.84. The van der Waals surface area contributed by atoms with Crippen LogP contribution in [-0.4, -0.2) is 11.3 Å². The van der Waals surface area contributed by atoms with E-state index in [0.717, 1.165) is 28.1 Å². The Kier molecular flexibility index (Phi) is 1.62. The zero-order valence-electron chi connectivity index (χ0n) is 8.03. The summed E-state index contributed by atoms with van der Waals surface area (Å²) in [6.07, 6.45) is 2.64. The molecule has 0 saturated heterocycles. The Labute approximate surface area is 86.5 Å². The molecule has 2 nitrogen and oxygen atoms in total. The lowest BCUT2D eigenvalue weighted by molar-refractivity contribution is 0.112. The Balaban J connectivity index is 2.55. The summed E-state index contributed by atoms with van der Waals surface area (Å²) in [7, 11) is 0. The van der Waals surface area contributed by atoms with Gasteiger partial charge in [0.15, 0.2) is 6.29 Å². The Morgan fingerprint density at radius 2 is 1.87 bits per heavy atom. The zero-order valence-corrected chi connectivity index (χ0v) is 8.03. The van der Waals surface area contributed by atoms with E-state index in [2.05, 4.69) is 17.1 Å². The van der Waals surface area contributed by atoms with Crippen molar-refractivity contribution in [2.45, 2.75) is 0 Å². The number of rotatable bonds is 1. The summed E-state index contributed by atoms with van der Waals surface area (Å²) < 4.78 is 0. The van der Waals surface area contributed by atoms with Crippen molar-refractivity contribution in [2.75, 3.05) is 0 Å². The molecular weight excluding hydrogens is 186 g/mol. The van der Waals surface area contributed by atoms with Crippen LogP contribution in [-0.2, 0) is 0 Å². The van der Waals surface area contributed by atoms with E-state index < -0.39 is 0 Å². The normalized spacial score (nSPS) is 10.9. The maximum Gasteiger partial charge on any atom is 0.152 e. The van der Waals surface area contributed by atoms with Gasteiger partial charge >= 0.3 is 0 Å². The Morgan fingerprint density at radius 3 is 2.73 bits per heavy atom. The maximum absolute atomic E-state index is 10.8. The number of aromatic amines is 1. The minimum atomic E-state index is 0.718. The van der Waals surface area contributed by atoms with E-state index in [9.17, 15) is 4.79 Å². The number of carbonyl (C=O) groups excluding carboxylic acids is 1. The van der Waals surface area contributed by atoms with Gasteiger partial charge in [0.1, 0.15) is 0 Å². The van der Waals surface area contributed by atoms with E-state index >= 15 is 0 Å². The van der Waals surface area contributed by atoms with Crippen LogP contribution in [0.25, 0.3) is 21.7 Å². The predicted octanol–water partition coefficient (Wildman–Crippen LogP) is 3.13. The number of aldehydes is 1. The van der Waals surface area contributed by atoms with E-state index in [4.69, 9.17) is 0 Å². The lowest BCUT2D eigenvalue weighted by Gasteiger charge is -1.98. The van der Waals surface area contributed by atoms with Crippen molar-refractivity contribution in [3.05, 3.63) is 48.2 Å². The van der Waals surface area contributed by atoms with Gasteiger partial charge in [0.25, 0.3) is 0 Å². The maximum atomic E-state index is 10.8. The number of hydrogen-bond acceptors (Lipinski definition) is 1. The fourth-order valence-electron chi connectivity index (χ4n) is 1.99. The molecule has 15 heavy (non-hydrogen) atoms. The van der Waals surface area contributed by atoms with Crippen LogP contribution in [0.1, 0.15) is 10.4 Å². The largest absolute Gasteiger partial charge is 0.360 e. The number of fused-ring (bicyclic) bond motifs is 3. The van der Waals surface area contributed by atoms with Crippen LogP contribution in [0.5, 0.6) is 0 Å². The zero-order chi connectivity index (χ0) is 10.3. The smallest absolute Gasteiger partial charge is 0.152 e. The minimum Gasteiger partial charge on any atom is -0.360 e. The van der Waals surface area contributed by atoms with E-state index in [-0.39, 0.29) is 0 Å². The summed E-state index contributed by atoms with van der Waals surface area (Å²) in [5, 5.41) is 3.33. The van der Waals surface area contributed by atoms with Crippen molar-refractivity contribution in [2.24, 2.45) is 0 Å². The quantitative estimate of drug-likeness (QED) is 0.594. The third-order valence-corrected chi connectivity index (χ3v) is 2.74. The molecule has 1 heterocycles. The molecule has 0 aliphatic carbocycles. The number of carbonyl (C=O) groups is 1. The molecule has 0 atom stereocenters. The second kappa shape index (κ2) is 2.95. The number of nitrogens with one attached hydrogen (secondary N) is 1. The average molecular weight is 195 g/mol. The Hall–Kier alpha value is -2.09. The molecule has 0 spiro atoms. The van der Waals surface area contributed by atoms with Gasteiger partial charge in [0, 0.05) is 22.5 Å². The van der Waals surface area contributed by atoms with Gasteiger partial charge in [0.2, 0.25) is 0 Å². The number of benzene rings is 2. The SMILES string of the molecule is O=Cc1c[nH]c2c1ccc1ccccc12. The first-order chi connectivity index (χ1) is 7.40. The number of hydrogen-bond donors (Lipinski definition) is 1. The van der Waals surface area contributed by atoms with Gasteiger partial charge in [-0.3, -0.25) is 4.79 Å². The van der Waals surface area contributed by atoms with Crippen molar-refractivity contribution < 1.29 is 4.79 Å². The molecule has 2 heteroatoms. The third kappa shape index (κ3) is 1.08. The molecule has 0 bridgehead atoms. The molecule has 3 aromatic rings. The van der Waals surface area contributed by atoms with Gasteiger partial charge in [-0.05, 0) is 5.39 Å². The molecule has 1 N–H and O–H groups in total. The molecule has 0 saturated carbocycles. The third-order valence-electron chi connectivity index (χ3n) is 2.74. The van der Waals surface area contributed by atoms with Gasteiger partial charge in [-0.25, -0.2) is 0 Å².